The second-order valence-electron chi connectivity index (χ2n) is 14.7. The molecule has 11 rings (SSSR count). The molecule has 1 aliphatic rings. The van der Waals surface area contributed by atoms with Crippen molar-refractivity contribution in [3.8, 4) is 5.69 Å². The van der Waals surface area contributed by atoms with Crippen LogP contribution in [0.4, 0.5) is 21.5 Å². The van der Waals surface area contributed by atoms with Crippen LogP contribution in [0.5, 0.6) is 0 Å². The third-order valence-electron chi connectivity index (χ3n) is 11.3. The van der Waals surface area contributed by atoms with E-state index in [1.54, 1.807) is 6.20 Å². The van der Waals surface area contributed by atoms with E-state index in [9.17, 15) is 0 Å². The third-order valence-corrected chi connectivity index (χ3v) is 11.3. The normalized spacial score (nSPS) is 14.0. The van der Waals surface area contributed by atoms with E-state index in [1.807, 2.05) is 54.7 Å². The molecule has 0 N–H and O–H groups in total. The number of hydrogen-bond donors (Lipinski definition) is 0. The van der Waals surface area contributed by atoms with Crippen LogP contribution < -0.4 is 4.90 Å². The van der Waals surface area contributed by atoms with E-state index in [0.29, 0.717) is 11.1 Å². The maximum Gasteiger partial charge on any atom is 0.111 e. The number of pyridine rings is 1. The number of anilines is 3. The Balaban J connectivity index is 0.00000372. The van der Waals surface area contributed by atoms with Gasteiger partial charge in [0.15, 0.2) is 0 Å². The number of imidazole rings is 1. The molecule has 0 fully saturated rings. The van der Waals surface area contributed by atoms with Crippen molar-refractivity contribution in [3.05, 3.63) is 192 Å². The van der Waals surface area contributed by atoms with E-state index in [0.717, 1.165) is 72.1 Å². The molecule has 0 radical (unpaired) electrons. The average Bonchev–Trinajstić information content (AvgIpc) is 3.84. The molecule has 4 heterocycles. The fraction of sp³-hybridized carbons (Fsp3) is 0.0816. The van der Waals surface area contributed by atoms with Crippen LogP contribution in [0.1, 0.15) is 42.3 Å². The number of benzene rings is 7. The zero-order valence-electron chi connectivity index (χ0n) is 30.0. The summed E-state index contributed by atoms with van der Waals surface area (Å²) in [5.41, 5.74) is 10.8. The SMILES string of the molecule is CC1(C)c2ccc[c-]c2N(c2[c-]c(C(F)c3[c-]c4c(cc3)c3ccccc3n3ccnc43)ccc2)c2cc3c4ccccc4n(-c4ccccc4)c3cc21.[Pt]. The van der Waals surface area contributed by atoms with Gasteiger partial charge in [-0.15, -0.1) is 35.4 Å². The van der Waals surface area contributed by atoms with Crippen molar-refractivity contribution in [1.29, 1.82) is 0 Å². The molecule has 7 aromatic carbocycles. The van der Waals surface area contributed by atoms with Crippen molar-refractivity contribution in [2.24, 2.45) is 0 Å². The molecular weight excluding hydrogens is 859 g/mol. The summed E-state index contributed by atoms with van der Waals surface area (Å²) in [5.74, 6) is 0. The molecule has 55 heavy (non-hydrogen) atoms. The molecule has 1 unspecified atom stereocenters. The first-order valence-electron chi connectivity index (χ1n) is 18.3. The smallest absolute Gasteiger partial charge is 0.111 e. The van der Waals surface area contributed by atoms with Gasteiger partial charge in [0, 0.05) is 61.1 Å². The molecule has 0 spiro atoms. The fourth-order valence-electron chi connectivity index (χ4n) is 8.75. The maximum absolute atomic E-state index is 16.9. The largest absolute Gasteiger partial charge is 0.358 e. The molecule has 10 aromatic rings. The van der Waals surface area contributed by atoms with E-state index in [2.05, 4.69) is 142 Å². The molecule has 0 amide bonds. The number of aromatic nitrogens is 3. The van der Waals surface area contributed by atoms with E-state index >= 15 is 4.39 Å². The minimum atomic E-state index is -1.46. The summed E-state index contributed by atoms with van der Waals surface area (Å²) in [6.07, 6.45) is 2.27. The first-order valence-corrected chi connectivity index (χ1v) is 18.3. The van der Waals surface area contributed by atoms with Gasteiger partial charge in [-0.3, -0.25) is 4.98 Å². The van der Waals surface area contributed by atoms with Crippen LogP contribution in [0.25, 0.3) is 54.8 Å². The third kappa shape index (κ3) is 4.89. The van der Waals surface area contributed by atoms with Crippen LogP contribution in [0, 0.1) is 18.2 Å². The van der Waals surface area contributed by atoms with Gasteiger partial charge < -0.3 is 13.9 Å². The predicted molar refractivity (Wildman–Crippen MR) is 217 cm³/mol. The Kier molecular flexibility index (Phi) is 7.63. The van der Waals surface area contributed by atoms with Gasteiger partial charge in [0.2, 0.25) is 0 Å². The Bertz CT molecular complexity index is 3120. The topological polar surface area (TPSA) is 25.5 Å². The minimum absolute atomic E-state index is 0. The van der Waals surface area contributed by atoms with Gasteiger partial charge in [0.05, 0.1) is 16.7 Å². The standard InChI is InChI=1S/C49H32FN4.Pt/c1-49(2)40-19-8-11-22-44(40)54(46-29-38-37-18-7-10-21-43(37)53(45(38)30-41(46)49)33-14-4-3-5-15-33)34-16-12-13-31(27-34)47(50)32-23-24-35-36-17-6-9-20-42(36)52-26-25-51-48(52)39(35)28-32;/h3-21,23-26,29-30,47H,1-2H3;/q-3;. The number of hydrogen-bond acceptors (Lipinski definition) is 2. The van der Waals surface area contributed by atoms with E-state index in [4.69, 9.17) is 0 Å². The Morgan fingerprint density at radius 2 is 1.40 bits per heavy atom. The van der Waals surface area contributed by atoms with Crippen LogP contribution >= 0.6 is 0 Å². The van der Waals surface area contributed by atoms with E-state index < -0.39 is 6.17 Å². The van der Waals surface area contributed by atoms with Crippen LogP contribution in [-0.4, -0.2) is 14.0 Å². The molecule has 3 aromatic heterocycles. The molecule has 4 nitrogen and oxygen atoms in total. The molecule has 0 bridgehead atoms. The molecule has 6 heteroatoms. The summed E-state index contributed by atoms with van der Waals surface area (Å²) in [6.45, 7) is 4.56. The Morgan fingerprint density at radius 3 is 2.24 bits per heavy atom. The van der Waals surface area contributed by atoms with Gasteiger partial charge in [-0.05, 0) is 52.8 Å². The van der Waals surface area contributed by atoms with Crippen LogP contribution in [0.2, 0.25) is 0 Å². The first-order chi connectivity index (χ1) is 26.5. The van der Waals surface area contributed by atoms with Crippen molar-refractivity contribution in [2.75, 3.05) is 4.90 Å². The summed E-state index contributed by atoms with van der Waals surface area (Å²) in [7, 11) is 0. The van der Waals surface area contributed by atoms with E-state index in [1.165, 1.54) is 10.9 Å². The molecule has 1 aliphatic heterocycles. The minimum Gasteiger partial charge on any atom is -0.358 e. The number of nitrogens with zero attached hydrogens (tertiary/aromatic N) is 4. The number of halogens is 1. The van der Waals surface area contributed by atoms with Gasteiger partial charge in [-0.25, -0.2) is 4.39 Å². The monoisotopic (exact) mass is 890 g/mol. The molecule has 268 valence electrons. The summed E-state index contributed by atoms with van der Waals surface area (Å²) in [4.78, 5) is 6.86. The Morgan fingerprint density at radius 1 is 0.655 bits per heavy atom. The zero-order chi connectivity index (χ0) is 36.1. The van der Waals surface area contributed by atoms with Gasteiger partial charge in [0.1, 0.15) is 6.17 Å². The molecule has 0 saturated carbocycles. The summed E-state index contributed by atoms with van der Waals surface area (Å²) < 4.78 is 21.3. The average molecular weight is 891 g/mol. The molecular formula is C49H32FN4Pt-3. The number of para-hydroxylation sites is 4. The second kappa shape index (κ2) is 12.5. The van der Waals surface area contributed by atoms with Gasteiger partial charge in [-0.2, -0.15) is 42.5 Å². The van der Waals surface area contributed by atoms with Crippen LogP contribution in [-0.2, 0) is 26.5 Å². The number of fused-ring (bicyclic) bond motifs is 11. The van der Waals surface area contributed by atoms with Gasteiger partial charge in [-0.1, -0.05) is 96.2 Å². The summed E-state index contributed by atoms with van der Waals surface area (Å²) in [6, 6.07) is 58.4. The van der Waals surface area contributed by atoms with Crippen molar-refractivity contribution in [1.82, 2.24) is 14.0 Å². The van der Waals surface area contributed by atoms with Crippen molar-refractivity contribution in [2.45, 2.75) is 25.4 Å². The van der Waals surface area contributed by atoms with Crippen LogP contribution in [0.15, 0.2) is 152 Å². The molecule has 0 saturated heterocycles. The van der Waals surface area contributed by atoms with Crippen molar-refractivity contribution in [3.63, 3.8) is 0 Å². The van der Waals surface area contributed by atoms with E-state index in [-0.39, 0.29) is 26.5 Å². The predicted octanol–water partition coefficient (Wildman–Crippen LogP) is 12.3. The summed E-state index contributed by atoms with van der Waals surface area (Å²) >= 11 is 0. The molecule has 1 atom stereocenters. The Hall–Kier alpha value is -6.03. The van der Waals surface area contributed by atoms with Crippen LogP contribution in [0.3, 0.4) is 0 Å². The molecule has 0 aliphatic carbocycles. The fourth-order valence-corrected chi connectivity index (χ4v) is 8.75. The quantitative estimate of drug-likeness (QED) is 0.130. The first kappa shape index (κ1) is 33.5. The van der Waals surface area contributed by atoms with Gasteiger partial charge in [0.25, 0.3) is 0 Å². The zero-order valence-corrected chi connectivity index (χ0v) is 32.3. The summed E-state index contributed by atoms with van der Waals surface area (Å²) in [5, 5.41) is 5.19. The number of rotatable bonds is 4. The number of alkyl halides is 1. The second-order valence-corrected chi connectivity index (χ2v) is 14.7. The Labute approximate surface area is 332 Å². The van der Waals surface area contributed by atoms with Crippen molar-refractivity contribution >= 4 is 66.2 Å². The maximum atomic E-state index is 16.9. The van der Waals surface area contributed by atoms with Gasteiger partial charge >= 0.3 is 0 Å². The van der Waals surface area contributed by atoms with Crippen molar-refractivity contribution < 1.29 is 25.5 Å².